The quantitative estimate of drug-likeness (QED) is 0.711. The summed E-state index contributed by atoms with van der Waals surface area (Å²) in [7, 11) is 2.00. The summed E-state index contributed by atoms with van der Waals surface area (Å²) >= 11 is 1.72. The van der Waals surface area contributed by atoms with Gasteiger partial charge in [0, 0.05) is 31.1 Å². The van der Waals surface area contributed by atoms with Gasteiger partial charge in [-0.15, -0.1) is 11.3 Å². The first kappa shape index (κ1) is 13.6. The molecule has 3 nitrogen and oxygen atoms in total. The smallest absolute Gasteiger partial charge is 0.0897 e. The molecule has 0 spiro atoms. The zero-order valence-corrected chi connectivity index (χ0v) is 11.3. The largest absolute Gasteiger partial charge is 0.381 e. The summed E-state index contributed by atoms with van der Waals surface area (Å²) in [6.07, 6.45) is 3.14. The number of nitrogens with one attached hydrogen (secondary N) is 1. The van der Waals surface area contributed by atoms with E-state index in [1.807, 2.05) is 14.0 Å². The number of aromatic nitrogens is 1. The average molecular weight is 242 g/mol. The molecule has 0 saturated carbocycles. The third-order valence-corrected chi connectivity index (χ3v) is 3.31. The molecule has 0 aliphatic heterocycles. The SMILES string of the molecule is CCCOCCC(Cc1csc(C)n1)NC. The molecule has 4 heteroatoms. The fourth-order valence-electron chi connectivity index (χ4n) is 1.57. The van der Waals surface area contributed by atoms with Gasteiger partial charge >= 0.3 is 0 Å². The Morgan fingerprint density at radius 2 is 2.31 bits per heavy atom. The van der Waals surface area contributed by atoms with E-state index in [2.05, 4.69) is 22.6 Å². The van der Waals surface area contributed by atoms with Crippen LogP contribution in [0.5, 0.6) is 0 Å². The van der Waals surface area contributed by atoms with E-state index in [0.29, 0.717) is 6.04 Å². The van der Waals surface area contributed by atoms with E-state index in [4.69, 9.17) is 4.74 Å². The molecule has 0 aliphatic rings. The highest BCUT2D eigenvalue weighted by atomic mass is 32.1. The lowest BCUT2D eigenvalue weighted by Crippen LogP contribution is -2.29. The predicted octanol–water partition coefficient (Wildman–Crippen LogP) is 2.40. The highest BCUT2D eigenvalue weighted by Crippen LogP contribution is 2.11. The van der Waals surface area contributed by atoms with Crippen molar-refractivity contribution >= 4 is 11.3 Å². The first-order valence-corrected chi connectivity index (χ1v) is 6.80. The summed E-state index contributed by atoms with van der Waals surface area (Å²) in [6.45, 7) is 5.88. The molecule has 1 unspecified atom stereocenters. The Labute approximate surface area is 102 Å². The molecular weight excluding hydrogens is 220 g/mol. The Morgan fingerprint density at radius 1 is 1.50 bits per heavy atom. The van der Waals surface area contributed by atoms with E-state index < -0.39 is 0 Å². The topological polar surface area (TPSA) is 34.1 Å². The molecule has 1 atom stereocenters. The van der Waals surface area contributed by atoms with Gasteiger partial charge in [0.05, 0.1) is 10.7 Å². The third kappa shape index (κ3) is 5.05. The minimum Gasteiger partial charge on any atom is -0.381 e. The van der Waals surface area contributed by atoms with Crippen LogP contribution in [0.1, 0.15) is 30.5 Å². The van der Waals surface area contributed by atoms with Gasteiger partial charge in [-0.3, -0.25) is 0 Å². The Morgan fingerprint density at radius 3 is 2.88 bits per heavy atom. The van der Waals surface area contributed by atoms with Crippen LogP contribution in [0.3, 0.4) is 0 Å². The standard InChI is InChI=1S/C12H22N2OS/c1-4-6-15-7-5-11(13-3)8-12-9-16-10(2)14-12/h9,11,13H,4-8H2,1-3H3. The van der Waals surface area contributed by atoms with Crippen LogP contribution in [0.25, 0.3) is 0 Å². The van der Waals surface area contributed by atoms with Gasteiger partial charge in [0.25, 0.3) is 0 Å². The maximum Gasteiger partial charge on any atom is 0.0897 e. The number of hydrogen-bond donors (Lipinski definition) is 1. The summed E-state index contributed by atoms with van der Waals surface area (Å²) in [4.78, 5) is 4.48. The van der Waals surface area contributed by atoms with Crippen molar-refractivity contribution in [1.82, 2.24) is 10.3 Å². The first-order chi connectivity index (χ1) is 7.76. The van der Waals surface area contributed by atoms with E-state index in [9.17, 15) is 0 Å². The number of rotatable bonds is 8. The molecule has 0 aromatic carbocycles. The summed E-state index contributed by atoms with van der Waals surface area (Å²) in [6, 6.07) is 0.471. The molecule has 1 rings (SSSR count). The van der Waals surface area contributed by atoms with Crippen LogP contribution >= 0.6 is 11.3 Å². The second-order valence-electron chi connectivity index (χ2n) is 3.95. The van der Waals surface area contributed by atoms with Gasteiger partial charge in [-0.1, -0.05) is 6.92 Å². The summed E-state index contributed by atoms with van der Waals surface area (Å²) in [5.41, 5.74) is 1.19. The molecule has 1 aromatic rings. The van der Waals surface area contributed by atoms with Gasteiger partial charge in [-0.05, 0) is 26.8 Å². The second-order valence-corrected chi connectivity index (χ2v) is 5.01. The molecule has 0 bridgehead atoms. The average Bonchev–Trinajstić information content (AvgIpc) is 2.68. The van der Waals surface area contributed by atoms with E-state index in [-0.39, 0.29) is 0 Å². The Bertz CT molecular complexity index is 288. The predicted molar refractivity (Wildman–Crippen MR) is 69.1 cm³/mol. The van der Waals surface area contributed by atoms with Crippen LogP contribution in [0.2, 0.25) is 0 Å². The zero-order valence-electron chi connectivity index (χ0n) is 10.5. The second kappa shape index (κ2) is 7.76. The lowest BCUT2D eigenvalue weighted by atomic mass is 10.1. The van der Waals surface area contributed by atoms with Crippen LogP contribution in [0.15, 0.2) is 5.38 Å². The van der Waals surface area contributed by atoms with Gasteiger partial charge in [-0.25, -0.2) is 4.98 Å². The number of hydrogen-bond acceptors (Lipinski definition) is 4. The first-order valence-electron chi connectivity index (χ1n) is 5.92. The maximum absolute atomic E-state index is 5.50. The molecule has 1 aromatic heterocycles. The van der Waals surface area contributed by atoms with Crippen molar-refractivity contribution in [2.45, 2.75) is 39.2 Å². The minimum atomic E-state index is 0.471. The fourth-order valence-corrected chi connectivity index (χ4v) is 2.20. The maximum atomic E-state index is 5.50. The van der Waals surface area contributed by atoms with Crippen molar-refractivity contribution in [2.24, 2.45) is 0 Å². The Balaban J connectivity index is 2.26. The monoisotopic (exact) mass is 242 g/mol. The van der Waals surface area contributed by atoms with Crippen molar-refractivity contribution < 1.29 is 4.74 Å². The van der Waals surface area contributed by atoms with Crippen LogP contribution in [-0.2, 0) is 11.2 Å². The van der Waals surface area contributed by atoms with Crippen molar-refractivity contribution in [3.05, 3.63) is 16.1 Å². The van der Waals surface area contributed by atoms with Crippen molar-refractivity contribution in [1.29, 1.82) is 0 Å². The van der Waals surface area contributed by atoms with E-state index >= 15 is 0 Å². The summed E-state index contributed by atoms with van der Waals surface area (Å²) in [5.74, 6) is 0. The third-order valence-electron chi connectivity index (χ3n) is 2.49. The molecule has 1 heterocycles. The molecule has 0 aliphatic carbocycles. The minimum absolute atomic E-state index is 0.471. The van der Waals surface area contributed by atoms with Gasteiger partial charge in [0.1, 0.15) is 0 Å². The molecule has 0 amide bonds. The molecular formula is C12H22N2OS. The van der Waals surface area contributed by atoms with Crippen molar-refractivity contribution in [3.8, 4) is 0 Å². The molecule has 16 heavy (non-hydrogen) atoms. The van der Waals surface area contributed by atoms with Gasteiger partial charge in [-0.2, -0.15) is 0 Å². The molecule has 92 valence electrons. The Kier molecular flexibility index (Phi) is 6.61. The number of nitrogens with zero attached hydrogens (tertiary/aromatic N) is 1. The fraction of sp³-hybridized carbons (Fsp3) is 0.750. The van der Waals surface area contributed by atoms with E-state index in [1.165, 1.54) is 5.69 Å². The summed E-state index contributed by atoms with van der Waals surface area (Å²) in [5, 5.41) is 6.61. The van der Waals surface area contributed by atoms with Crippen LogP contribution in [0.4, 0.5) is 0 Å². The Hall–Kier alpha value is -0.450. The molecule has 0 saturated heterocycles. The van der Waals surface area contributed by atoms with E-state index in [0.717, 1.165) is 37.5 Å². The van der Waals surface area contributed by atoms with Crippen molar-refractivity contribution in [3.63, 3.8) is 0 Å². The van der Waals surface area contributed by atoms with Crippen molar-refractivity contribution in [2.75, 3.05) is 20.3 Å². The molecule has 0 radical (unpaired) electrons. The van der Waals surface area contributed by atoms with Crippen LogP contribution in [-0.4, -0.2) is 31.3 Å². The summed E-state index contributed by atoms with van der Waals surface area (Å²) < 4.78 is 5.50. The van der Waals surface area contributed by atoms with Crippen LogP contribution < -0.4 is 5.32 Å². The van der Waals surface area contributed by atoms with Gasteiger partial charge < -0.3 is 10.1 Å². The lowest BCUT2D eigenvalue weighted by molar-refractivity contribution is 0.125. The lowest BCUT2D eigenvalue weighted by Gasteiger charge is -2.14. The van der Waals surface area contributed by atoms with Gasteiger partial charge in [0.15, 0.2) is 0 Å². The normalized spacial score (nSPS) is 12.9. The van der Waals surface area contributed by atoms with E-state index in [1.54, 1.807) is 11.3 Å². The number of ether oxygens (including phenoxy) is 1. The molecule has 0 fully saturated rings. The number of likely N-dealkylation sites (N-methyl/N-ethyl adjacent to an activating group) is 1. The highest BCUT2D eigenvalue weighted by Gasteiger charge is 2.09. The molecule has 1 N–H and O–H groups in total. The highest BCUT2D eigenvalue weighted by molar-refractivity contribution is 7.09. The number of aryl methyl sites for hydroxylation is 1. The zero-order chi connectivity index (χ0) is 11.8. The number of thiazole rings is 1. The van der Waals surface area contributed by atoms with Crippen LogP contribution in [0, 0.1) is 6.92 Å². The van der Waals surface area contributed by atoms with Gasteiger partial charge in [0.2, 0.25) is 0 Å².